The Kier molecular flexibility index (Phi) is 3.97. The summed E-state index contributed by atoms with van der Waals surface area (Å²) in [6.07, 6.45) is 3.66. The number of nitrogens with one attached hydrogen (secondary N) is 1. The highest BCUT2D eigenvalue weighted by Gasteiger charge is 2.31. The Morgan fingerprint density at radius 3 is 2.78 bits per heavy atom. The van der Waals surface area contributed by atoms with E-state index in [1.54, 1.807) is 0 Å². The Bertz CT molecular complexity index is 471. The molecular formula is C14H19BrN2S. The molecule has 0 radical (unpaired) electrons. The third kappa shape index (κ3) is 3.23. The molecule has 98 valence electrons. The molecule has 1 aliphatic rings. The summed E-state index contributed by atoms with van der Waals surface area (Å²) < 4.78 is 1.04. The zero-order valence-corrected chi connectivity index (χ0v) is 13.2. The molecule has 1 saturated carbocycles. The van der Waals surface area contributed by atoms with Crippen molar-refractivity contribution in [2.24, 2.45) is 11.1 Å². The molecule has 0 spiro atoms. The number of hydrogen-bond acceptors (Lipinski definition) is 2. The van der Waals surface area contributed by atoms with Gasteiger partial charge >= 0.3 is 0 Å². The van der Waals surface area contributed by atoms with Crippen LogP contribution in [0.4, 0.5) is 5.69 Å². The average Bonchev–Trinajstić information content (AvgIpc) is 2.57. The topological polar surface area (TPSA) is 38.0 Å². The molecular weight excluding hydrogens is 308 g/mol. The van der Waals surface area contributed by atoms with Crippen molar-refractivity contribution in [1.82, 2.24) is 0 Å². The molecule has 0 saturated heterocycles. The fourth-order valence-electron chi connectivity index (χ4n) is 2.63. The van der Waals surface area contributed by atoms with Crippen LogP contribution in [-0.4, -0.2) is 11.0 Å². The van der Waals surface area contributed by atoms with Crippen molar-refractivity contribution in [1.29, 1.82) is 0 Å². The van der Waals surface area contributed by atoms with Crippen LogP contribution in [0.2, 0.25) is 0 Å². The van der Waals surface area contributed by atoms with Crippen molar-refractivity contribution in [3.63, 3.8) is 0 Å². The second kappa shape index (κ2) is 5.17. The number of hydrogen-bond donors (Lipinski definition) is 2. The van der Waals surface area contributed by atoms with Crippen LogP contribution in [0.5, 0.6) is 0 Å². The molecule has 1 atom stereocenters. The van der Waals surface area contributed by atoms with Crippen molar-refractivity contribution < 1.29 is 0 Å². The van der Waals surface area contributed by atoms with E-state index in [4.69, 9.17) is 18.0 Å². The smallest absolute Gasteiger partial charge is 0.106 e. The molecule has 0 heterocycles. The molecule has 1 unspecified atom stereocenters. The Morgan fingerprint density at radius 2 is 2.22 bits per heavy atom. The maximum atomic E-state index is 5.77. The molecule has 0 aliphatic heterocycles. The fourth-order valence-corrected chi connectivity index (χ4v) is 3.17. The molecule has 0 aromatic heterocycles. The first-order valence-corrected chi connectivity index (χ1v) is 7.43. The number of benzene rings is 1. The number of thiocarbonyl (C=S) groups is 1. The van der Waals surface area contributed by atoms with Gasteiger partial charge in [0.25, 0.3) is 0 Å². The zero-order valence-electron chi connectivity index (χ0n) is 10.8. The minimum Gasteiger partial charge on any atom is -0.389 e. The van der Waals surface area contributed by atoms with Crippen LogP contribution < -0.4 is 11.1 Å². The van der Waals surface area contributed by atoms with Gasteiger partial charge in [0.15, 0.2) is 0 Å². The van der Waals surface area contributed by atoms with Gasteiger partial charge in [-0.1, -0.05) is 42.0 Å². The van der Waals surface area contributed by atoms with E-state index in [-0.39, 0.29) is 0 Å². The van der Waals surface area contributed by atoms with E-state index in [1.165, 1.54) is 19.3 Å². The van der Waals surface area contributed by atoms with Gasteiger partial charge in [-0.15, -0.1) is 0 Å². The van der Waals surface area contributed by atoms with Crippen molar-refractivity contribution in [3.05, 3.63) is 28.2 Å². The van der Waals surface area contributed by atoms with Gasteiger partial charge in [-0.2, -0.15) is 0 Å². The average molecular weight is 327 g/mol. The number of rotatable bonds is 3. The van der Waals surface area contributed by atoms with E-state index in [1.807, 2.05) is 12.1 Å². The van der Waals surface area contributed by atoms with Crippen LogP contribution in [0.15, 0.2) is 22.7 Å². The van der Waals surface area contributed by atoms with Gasteiger partial charge in [0.1, 0.15) is 4.99 Å². The molecule has 1 fully saturated rings. The molecule has 3 N–H and O–H groups in total. The first-order valence-electron chi connectivity index (χ1n) is 6.23. The fraction of sp³-hybridized carbons (Fsp3) is 0.500. The summed E-state index contributed by atoms with van der Waals surface area (Å²) >= 11 is 8.59. The van der Waals surface area contributed by atoms with Gasteiger partial charge in [-0.05, 0) is 42.9 Å². The minimum absolute atomic E-state index is 0.438. The van der Waals surface area contributed by atoms with Gasteiger partial charge in [-0.25, -0.2) is 0 Å². The summed E-state index contributed by atoms with van der Waals surface area (Å²) in [6.45, 7) is 4.65. The van der Waals surface area contributed by atoms with E-state index < -0.39 is 0 Å². The zero-order chi connectivity index (χ0) is 13.3. The van der Waals surface area contributed by atoms with E-state index in [0.29, 0.717) is 16.4 Å². The molecule has 0 bridgehead atoms. The van der Waals surface area contributed by atoms with Crippen molar-refractivity contribution in [3.8, 4) is 0 Å². The van der Waals surface area contributed by atoms with Crippen LogP contribution in [0.3, 0.4) is 0 Å². The lowest BCUT2D eigenvalue weighted by atomic mass is 9.92. The van der Waals surface area contributed by atoms with Gasteiger partial charge in [-0.3, -0.25) is 0 Å². The highest BCUT2D eigenvalue weighted by atomic mass is 79.9. The van der Waals surface area contributed by atoms with Crippen LogP contribution in [0, 0.1) is 5.41 Å². The van der Waals surface area contributed by atoms with E-state index in [9.17, 15) is 0 Å². The van der Waals surface area contributed by atoms with Gasteiger partial charge in [0.2, 0.25) is 0 Å². The summed E-state index contributed by atoms with van der Waals surface area (Å²) in [5.74, 6) is 0. The second-order valence-electron chi connectivity index (χ2n) is 5.80. The third-order valence-corrected chi connectivity index (χ3v) is 4.29. The van der Waals surface area contributed by atoms with Gasteiger partial charge in [0, 0.05) is 21.8 Å². The van der Waals surface area contributed by atoms with Crippen LogP contribution >= 0.6 is 28.1 Å². The second-order valence-corrected chi connectivity index (χ2v) is 7.16. The number of halogens is 1. The lowest BCUT2D eigenvalue weighted by Crippen LogP contribution is -2.20. The maximum absolute atomic E-state index is 5.77. The van der Waals surface area contributed by atoms with Gasteiger partial charge < -0.3 is 11.1 Å². The minimum atomic E-state index is 0.438. The molecule has 4 heteroatoms. The van der Waals surface area contributed by atoms with E-state index in [0.717, 1.165) is 15.7 Å². The maximum Gasteiger partial charge on any atom is 0.106 e. The van der Waals surface area contributed by atoms with E-state index >= 15 is 0 Å². The summed E-state index contributed by atoms with van der Waals surface area (Å²) in [5.41, 5.74) is 8.18. The van der Waals surface area contributed by atoms with Crippen molar-refractivity contribution >= 4 is 38.8 Å². The molecule has 1 aliphatic carbocycles. The molecule has 1 aromatic carbocycles. The predicted octanol–water partition coefficient (Wildman–Crippen LogP) is 4.07. The lowest BCUT2D eigenvalue weighted by Gasteiger charge is -2.20. The Morgan fingerprint density at radius 1 is 1.50 bits per heavy atom. The molecule has 2 rings (SSSR count). The number of anilines is 1. The first-order chi connectivity index (χ1) is 8.37. The SMILES string of the molecule is CC1(C)CCC(Nc2cc(Br)ccc2C(N)=S)C1. The Labute approximate surface area is 122 Å². The molecule has 18 heavy (non-hydrogen) atoms. The summed E-state index contributed by atoms with van der Waals surface area (Å²) in [4.78, 5) is 0.447. The lowest BCUT2D eigenvalue weighted by molar-refractivity contribution is 0.378. The van der Waals surface area contributed by atoms with Crippen molar-refractivity contribution in [2.75, 3.05) is 5.32 Å². The highest BCUT2D eigenvalue weighted by molar-refractivity contribution is 9.10. The highest BCUT2D eigenvalue weighted by Crippen LogP contribution is 2.38. The first kappa shape index (κ1) is 13.8. The summed E-state index contributed by atoms with van der Waals surface area (Å²) in [7, 11) is 0. The molecule has 1 aromatic rings. The summed E-state index contributed by atoms with van der Waals surface area (Å²) in [6, 6.07) is 6.51. The standard InChI is InChI=1S/C14H19BrN2S/c1-14(2)6-5-10(8-14)17-12-7-9(15)3-4-11(12)13(16)18/h3-4,7,10,17H,5-6,8H2,1-2H3,(H2,16,18). The van der Waals surface area contributed by atoms with Crippen LogP contribution in [0.25, 0.3) is 0 Å². The predicted molar refractivity (Wildman–Crippen MR) is 85.1 cm³/mol. The summed E-state index contributed by atoms with van der Waals surface area (Å²) in [5, 5.41) is 3.59. The van der Waals surface area contributed by atoms with Crippen LogP contribution in [-0.2, 0) is 0 Å². The van der Waals surface area contributed by atoms with E-state index in [2.05, 4.69) is 41.2 Å². The molecule has 2 nitrogen and oxygen atoms in total. The normalized spacial score (nSPS) is 21.8. The van der Waals surface area contributed by atoms with Gasteiger partial charge in [0.05, 0.1) is 0 Å². The molecule has 0 amide bonds. The Balaban J connectivity index is 2.18. The third-order valence-electron chi connectivity index (χ3n) is 3.58. The van der Waals surface area contributed by atoms with Crippen molar-refractivity contribution in [2.45, 2.75) is 39.2 Å². The monoisotopic (exact) mass is 326 g/mol. The quantitative estimate of drug-likeness (QED) is 0.822. The largest absolute Gasteiger partial charge is 0.389 e. The Hall–Kier alpha value is -0.610. The number of nitrogens with two attached hydrogens (primary N) is 1. The van der Waals surface area contributed by atoms with Crippen LogP contribution in [0.1, 0.15) is 38.7 Å².